The molecule has 0 spiro atoms. The van der Waals surface area contributed by atoms with Gasteiger partial charge in [-0.05, 0) is 36.1 Å². The highest BCUT2D eigenvalue weighted by atomic mass is 79.9. The number of amides is 1. The predicted octanol–water partition coefficient (Wildman–Crippen LogP) is 0.551. The molecule has 108 valence electrons. The number of halogens is 2. The van der Waals surface area contributed by atoms with Crippen LogP contribution >= 0.6 is 27.3 Å². The van der Waals surface area contributed by atoms with Crippen LogP contribution in [0.1, 0.15) is 10.4 Å². The number of carbonyl (C=O) groups excluding carboxylic acids is 1. The Morgan fingerprint density at radius 3 is 2.80 bits per heavy atom. The first-order valence-corrected chi connectivity index (χ1v) is 7.61. The van der Waals surface area contributed by atoms with Gasteiger partial charge < -0.3 is 23.0 Å². The summed E-state index contributed by atoms with van der Waals surface area (Å²) in [5, 5.41) is 8.01. The number of hydrogen-bond donors (Lipinski definition) is 2. The van der Waals surface area contributed by atoms with E-state index in [1.165, 1.54) is 4.88 Å². The number of hydrogen-bond acceptors (Lipinski definition) is 3. The molecule has 2 rings (SSSR count). The zero-order valence-corrected chi connectivity index (χ0v) is 14.1. The number of nitrogens with one attached hydrogen (secondary N) is 2. The molecule has 0 fully saturated rings. The van der Waals surface area contributed by atoms with Crippen molar-refractivity contribution in [3.8, 4) is 0 Å². The quantitative estimate of drug-likeness (QED) is 0.802. The summed E-state index contributed by atoms with van der Waals surface area (Å²) in [7, 11) is 0. The highest BCUT2D eigenvalue weighted by Crippen LogP contribution is 2.20. The SMILES string of the molecule is Cc1ccc(NC(=O)CNCc2cccs2)cc1Br.[Cl-]. The molecule has 20 heavy (non-hydrogen) atoms. The van der Waals surface area contributed by atoms with Crippen molar-refractivity contribution in [2.75, 3.05) is 11.9 Å². The Balaban J connectivity index is 0.00000200. The summed E-state index contributed by atoms with van der Waals surface area (Å²) < 4.78 is 0.997. The van der Waals surface area contributed by atoms with Crippen LogP contribution in [0.5, 0.6) is 0 Å². The molecule has 0 bridgehead atoms. The summed E-state index contributed by atoms with van der Waals surface area (Å²) in [6.07, 6.45) is 0. The maximum absolute atomic E-state index is 11.8. The summed E-state index contributed by atoms with van der Waals surface area (Å²) >= 11 is 5.13. The van der Waals surface area contributed by atoms with E-state index in [-0.39, 0.29) is 18.3 Å². The minimum Gasteiger partial charge on any atom is -1.00 e. The van der Waals surface area contributed by atoms with Crippen LogP contribution in [0.2, 0.25) is 0 Å². The first kappa shape index (κ1) is 17.2. The van der Waals surface area contributed by atoms with E-state index >= 15 is 0 Å². The van der Waals surface area contributed by atoms with Gasteiger partial charge in [0.2, 0.25) is 5.91 Å². The Morgan fingerprint density at radius 1 is 1.35 bits per heavy atom. The second-order valence-corrected chi connectivity index (χ2v) is 6.08. The lowest BCUT2D eigenvalue weighted by atomic mass is 10.2. The number of aryl methyl sites for hydroxylation is 1. The zero-order chi connectivity index (χ0) is 13.7. The third kappa shape index (κ3) is 5.25. The number of carbonyl (C=O) groups is 1. The molecule has 0 aliphatic rings. The molecule has 0 radical (unpaired) electrons. The average molecular weight is 375 g/mol. The normalized spacial score (nSPS) is 9.90. The molecular weight excluding hydrogens is 360 g/mol. The molecule has 0 saturated carbocycles. The van der Waals surface area contributed by atoms with E-state index in [1.807, 2.05) is 42.6 Å². The van der Waals surface area contributed by atoms with Crippen LogP contribution in [0.4, 0.5) is 5.69 Å². The van der Waals surface area contributed by atoms with Crippen molar-refractivity contribution in [3.05, 3.63) is 50.6 Å². The average Bonchev–Trinajstić information content (AvgIpc) is 2.87. The minimum atomic E-state index is -0.0349. The van der Waals surface area contributed by atoms with Gasteiger partial charge in [-0.15, -0.1) is 11.3 Å². The van der Waals surface area contributed by atoms with Crippen molar-refractivity contribution in [3.63, 3.8) is 0 Å². The third-order valence-corrected chi connectivity index (χ3v) is 4.35. The van der Waals surface area contributed by atoms with Crippen molar-refractivity contribution in [2.24, 2.45) is 0 Å². The smallest absolute Gasteiger partial charge is 0.238 e. The van der Waals surface area contributed by atoms with E-state index < -0.39 is 0 Å². The number of rotatable bonds is 5. The molecule has 2 N–H and O–H groups in total. The van der Waals surface area contributed by atoms with Crippen LogP contribution in [-0.2, 0) is 11.3 Å². The van der Waals surface area contributed by atoms with Crippen LogP contribution in [0.3, 0.4) is 0 Å². The van der Waals surface area contributed by atoms with E-state index in [2.05, 4.69) is 26.6 Å². The number of thiophene rings is 1. The fourth-order valence-corrected chi connectivity index (χ4v) is 2.64. The lowest BCUT2D eigenvalue weighted by molar-refractivity contribution is -0.115. The molecule has 0 saturated heterocycles. The molecule has 6 heteroatoms. The molecule has 0 aliphatic heterocycles. The highest BCUT2D eigenvalue weighted by Gasteiger charge is 2.03. The summed E-state index contributed by atoms with van der Waals surface area (Å²) in [5.41, 5.74) is 1.95. The molecule has 1 aromatic carbocycles. The van der Waals surface area contributed by atoms with E-state index in [0.29, 0.717) is 6.54 Å². The summed E-state index contributed by atoms with van der Waals surface area (Å²) in [6, 6.07) is 9.83. The lowest BCUT2D eigenvalue weighted by Crippen LogP contribution is -3.00. The standard InChI is InChI=1S/C14H15BrN2OS.ClH/c1-10-4-5-11(7-13(10)15)17-14(18)9-16-8-12-3-2-6-19-12;/h2-7,16H,8-9H2,1H3,(H,17,18);1H/p-1. The number of anilines is 1. The van der Waals surface area contributed by atoms with E-state index in [0.717, 1.165) is 22.3 Å². The van der Waals surface area contributed by atoms with Gasteiger partial charge in [0.1, 0.15) is 0 Å². The largest absolute Gasteiger partial charge is 1.00 e. The van der Waals surface area contributed by atoms with Crippen LogP contribution in [0.25, 0.3) is 0 Å². The molecule has 1 aromatic heterocycles. The molecule has 1 heterocycles. The van der Waals surface area contributed by atoms with Crippen molar-refractivity contribution < 1.29 is 17.2 Å². The van der Waals surface area contributed by atoms with Gasteiger partial charge in [-0.25, -0.2) is 0 Å². The Bertz CT molecular complexity index is 560. The van der Waals surface area contributed by atoms with Gasteiger partial charge in [0, 0.05) is 21.6 Å². The van der Waals surface area contributed by atoms with Gasteiger partial charge in [-0.1, -0.05) is 28.1 Å². The number of benzene rings is 1. The summed E-state index contributed by atoms with van der Waals surface area (Å²) in [5.74, 6) is -0.0349. The second-order valence-electron chi connectivity index (χ2n) is 4.20. The van der Waals surface area contributed by atoms with Gasteiger partial charge in [0.15, 0.2) is 0 Å². The second kappa shape index (κ2) is 8.42. The van der Waals surface area contributed by atoms with Gasteiger partial charge in [-0.2, -0.15) is 0 Å². The van der Waals surface area contributed by atoms with Crippen LogP contribution in [0.15, 0.2) is 40.2 Å². The van der Waals surface area contributed by atoms with Gasteiger partial charge in [-0.3, -0.25) is 4.79 Å². The Hall–Kier alpha value is -0.880. The maximum atomic E-state index is 11.8. The molecule has 0 aliphatic carbocycles. The Kier molecular flexibility index (Phi) is 7.23. The van der Waals surface area contributed by atoms with Gasteiger partial charge >= 0.3 is 0 Å². The fourth-order valence-electron chi connectivity index (χ4n) is 1.59. The summed E-state index contributed by atoms with van der Waals surface area (Å²) in [6.45, 7) is 3.05. The highest BCUT2D eigenvalue weighted by molar-refractivity contribution is 9.10. The molecule has 1 amide bonds. The zero-order valence-electron chi connectivity index (χ0n) is 11.0. The molecule has 0 unspecified atom stereocenters. The van der Waals surface area contributed by atoms with Crippen LogP contribution < -0.4 is 23.0 Å². The first-order valence-electron chi connectivity index (χ1n) is 5.94. The predicted molar refractivity (Wildman–Crippen MR) is 83.5 cm³/mol. The maximum Gasteiger partial charge on any atom is 0.238 e. The van der Waals surface area contributed by atoms with Gasteiger partial charge in [0.05, 0.1) is 6.54 Å². The Labute approximate surface area is 137 Å². The topological polar surface area (TPSA) is 41.1 Å². The summed E-state index contributed by atoms with van der Waals surface area (Å²) in [4.78, 5) is 13.0. The lowest BCUT2D eigenvalue weighted by Gasteiger charge is -2.07. The van der Waals surface area contributed by atoms with E-state index in [1.54, 1.807) is 11.3 Å². The molecule has 0 atom stereocenters. The van der Waals surface area contributed by atoms with Crippen molar-refractivity contribution in [1.29, 1.82) is 0 Å². The van der Waals surface area contributed by atoms with Crippen molar-refractivity contribution in [1.82, 2.24) is 5.32 Å². The van der Waals surface area contributed by atoms with Crippen molar-refractivity contribution in [2.45, 2.75) is 13.5 Å². The van der Waals surface area contributed by atoms with Crippen LogP contribution in [0, 0.1) is 6.92 Å². The Morgan fingerprint density at radius 2 is 2.15 bits per heavy atom. The van der Waals surface area contributed by atoms with Crippen LogP contribution in [-0.4, -0.2) is 12.5 Å². The van der Waals surface area contributed by atoms with Gasteiger partial charge in [0.25, 0.3) is 0 Å². The van der Waals surface area contributed by atoms with Crippen molar-refractivity contribution >= 4 is 38.9 Å². The minimum absolute atomic E-state index is 0. The molecular formula is C14H15BrClN2OS-. The molecule has 2 aromatic rings. The van der Waals surface area contributed by atoms with E-state index in [9.17, 15) is 4.79 Å². The first-order chi connectivity index (χ1) is 9.15. The molecule has 3 nitrogen and oxygen atoms in total. The monoisotopic (exact) mass is 373 g/mol. The fraction of sp³-hybridized carbons (Fsp3) is 0.214. The third-order valence-electron chi connectivity index (χ3n) is 2.62. The van der Waals surface area contributed by atoms with E-state index in [4.69, 9.17) is 0 Å².